The number of nitrogens with zero attached hydrogens (tertiary/aromatic N) is 2. The van der Waals surface area contributed by atoms with Crippen LogP contribution < -0.4 is 0 Å². The van der Waals surface area contributed by atoms with Crippen LogP contribution in [0.2, 0.25) is 0 Å². The molecule has 1 aliphatic heterocycles. The number of carbonyl (C=O) groups is 1. The lowest BCUT2D eigenvalue weighted by molar-refractivity contribution is -0.131. The lowest BCUT2D eigenvalue weighted by Crippen LogP contribution is -2.40. The molecule has 3 rings (SSSR count). The van der Waals surface area contributed by atoms with E-state index < -0.39 is 0 Å². The summed E-state index contributed by atoms with van der Waals surface area (Å²) < 4.78 is 0. The highest BCUT2D eigenvalue weighted by Gasteiger charge is 2.23. The zero-order valence-electron chi connectivity index (χ0n) is 13.2. The summed E-state index contributed by atoms with van der Waals surface area (Å²) in [5.41, 5.74) is 2.22. The first-order valence-electron chi connectivity index (χ1n) is 7.97. The first-order valence-corrected chi connectivity index (χ1v) is 8.85. The summed E-state index contributed by atoms with van der Waals surface area (Å²) in [6.07, 6.45) is 3.52. The number of thioether (sulfide) groups is 1. The van der Waals surface area contributed by atoms with Crippen molar-refractivity contribution in [1.82, 2.24) is 9.88 Å². The Balaban J connectivity index is 1.76. The molecule has 1 atom stereocenters. The Bertz CT molecular complexity index is 680. The molecule has 1 fully saturated rings. The molecule has 1 unspecified atom stereocenters. The van der Waals surface area contributed by atoms with Crippen LogP contribution in [0, 0.1) is 6.92 Å². The van der Waals surface area contributed by atoms with Gasteiger partial charge >= 0.3 is 0 Å². The maximum absolute atomic E-state index is 12.5. The second kappa shape index (κ2) is 6.69. The quantitative estimate of drug-likeness (QED) is 0.802. The molecule has 0 aliphatic carbocycles. The highest BCUT2D eigenvalue weighted by molar-refractivity contribution is 8.00. The molecule has 116 valence electrons. The number of carbonyl (C=O) groups excluding carboxylic acids is 1. The number of rotatable bonds is 3. The van der Waals surface area contributed by atoms with Gasteiger partial charge in [0.25, 0.3) is 0 Å². The van der Waals surface area contributed by atoms with E-state index in [2.05, 4.69) is 19.1 Å². The molecule has 0 spiro atoms. The topological polar surface area (TPSA) is 33.2 Å². The van der Waals surface area contributed by atoms with Crippen LogP contribution in [0.25, 0.3) is 10.9 Å². The van der Waals surface area contributed by atoms with Gasteiger partial charge in [0.1, 0.15) is 0 Å². The predicted molar refractivity (Wildman–Crippen MR) is 92.2 cm³/mol. The number of aromatic nitrogens is 1. The number of pyridine rings is 1. The van der Waals surface area contributed by atoms with Gasteiger partial charge in [-0.25, -0.2) is 4.98 Å². The zero-order chi connectivity index (χ0) is 15.5. The number of hydrogen-bond acceptors (Lipinski definition) is 3. The zero-order valence-corrected chi connectivity index (χ0v) is 14.0. The fourth-order valence-corrected chi connectivity index (χ4v) is 3.99. The van der Waals surface area contributed by atoms with Crippen molar-refractivity contribution in [2.45, 2.75) is 43.4 Å². The van der Waals surface area contributed by atoms with Crippen molar-refractivity contribution in [1.29, 1.82) is 0 Å². The summed E-state index contributed by atoms with van der Waals surface area (Å²) >= 11 is 1.57. The molecule has 2 aromatic rings. The van der Waals surface area contributed by atoms with Gasteiger partial charge in [0, 0.05) is 18.5 Å². The smallest absolute Gasteiger partial charge is 0.235 e. The minimum atomic E-state index is -0.0776. The first-order chi connectivity index (χ1) is 10.6. The number of hydrogen-bond donors (Lipinski definition) is 0. The van der Waals surface area contributed by atoms with E-state index in [1.54, 1.807) is 11.8 Å². The van der Waals surface area contributed by atoms with Crippen LogP contribution in [-0.4, -0.2) is 34.1 Å². The molecular formula is C18H22N2OS. The Morgan fingerprint density at radius 2 is 1.95 bits per heavy atom. The highest BCUT2D eigenvalue weighted by Crippen LogP contribution is 2.27. The van der Waals surface area contributed by atoms with E-state index in [4.69, 9.17) is 4.98 Å². The second-order valence-corrected chi connectivity index (χ2v) is 7.30. The number of amides is 1. The summed E-state index contributed by atoms with van der Waals surface area (Å²) in [5.74, 6) is 0.248. The van der Waals surface area contributed by atoms with Crippen molar-refractivity contribution in [2.24, 2.45) is 0 Å². The van der Waals surface area contributed by atoms with E-state index in [0.29, 0.717) is 0 Å². The lowest BCUT2D eigenvalue weighted by Gasteiger charge is -2.28. The van der Waals surface area contributed by atoms with Crippen LogP contribution in [0.1, 0.15) is 31.7 Å². The Morgan fingerprint density at radius 3 is 2.73 bits per heavy atom. The molecule has 4 heteroatoms. The largest absolute Gasteiger partial charge is 0.342 e. The summed E-state index contributed by atoms with van der Waals surface area (Å²) in [4.78, 5) is 19.2. The van der Waals surface area contributed by atoms with Gasteiger partial charge in [0.05, 0.1) is 15.8 Å². The van der Waals surface area contributed by atoms with E-state index in [-0.39, 0.29) is 11.2 Å². The van der Waals surface area contributed by atoms with Crippen molar-refractivity contribution < 1.29 is 4.79 Å². The summed E-state index contributed by atoms with van der Waals surface area (Å²) in [6, 6.07) is 10.3. The molecular weight excluding hydrogens is 292 g/mol. The molecule has 0 bridgehead atoms. The van der Waals surface area contributed by atoms with Gasteiger partial charge in [0.15, 0.2) is 0 Å². The van der Waals surface area contributed by atoms with Crippen LogP contribution in [0.5, 0.6) is 0 Å². The Hall–Kier alpha value is -1.55. The van der Waals surface area contributed by atoms with Gasteiger partial charge in [-0.1, -0.05) is 30.0 Å². The third-order valence-corrected chi connectivity index (χ3v) is 5.22. The standard InChI is InChI=1S/C18H22N2OS/c1-13-12-17(19-16-9-5-4-8-15(13)16)22-14(2)18(21)20-10-6-3-7-11-20/h4-5,8-9,12,14H,3,6-7,10-11H2,1-2H3. The number of para-hydroxylation sites is 1. The third kappa shape index (κ3) is 3.27. The van der Waals surface area contributed by atoms with Crippen LogP contribution >= 0.6 is 11.8 Å². The van der Waals surface area contributed by atoms with Crippen molar-refractivity contribution >= 4 is 28.6 Å². The molecule has 1 aliphatic rings. The van der Waals surface area contributed by atoms with Crippen molar-refractivity contribution in [3.05, 3.63) is 35.9 Å². The Labute approximate surface area is 136 Å². The minimum Gasteiger partial charge on any atom is -0.342 e. The number of aryl methyl sites for hydroxylation is 1. The summed E-state index contributed by atoms with van der Waals surface area (Å²) in [7, 11) is 0. The molecule has 0 saturated carbocycles. The molecule has 1 saturated heterocycles. The molecule has 2 heterocycles. The molecule has 1 aromatic heterocycles. The van der Waals surface area contributed by atoms with Gasteiger partial charge < -0.3 is 4.90 Å². The minimum absolute atomic E-state index is 0.0776. The van der Waals surface area contributed by atoms with Crippen molar-refractivity contribution in [2.75, 3.05) is 13.1 Å². The SMILES string of the molecule is Cc1cc(SC(C)C(=O)N2CCCCC2)nc2ccccc12. The van der Waals surface area contributed by atoms with Gasteiger partial charge in [-0.15, -0.1) is 0 Å². The van der Waals surface area contributed by atoms with Crippen LogP contribution in [0.15, 0.2) is 35.4 Å². The predicted octanol–water partition coefficient (Wildman–Crippen LogP) is 4.04. The maximum atomic E-state index is 12.5. The molecule has 3 nitrogen and oxygen atoms in total. The Morgan fingerprint density at radius 1 is 1.23 bits per heavy atom. The van der Waals surface area contributed by atoms with Crippen LogP contribution in [-0.2, 0) is 4.79 Å². The van der Waals surface area contributed by atoms with Gasteiger partial charge in [0.2, 0.25) is 5.91 Å². The van der Waals surface area contributed by atoms with Crippen molar-refractivity contribution in [3.8, 4) is 0 Å². The summed E-state index contributed by atoms with van der Waals surface area (Å²) in [6.45, 7) is 5.92. The number of piperidine rings is 1. The lowest BCUT2D eigenvalue weighted by atomic mass is 10.1. The average molecular weight is 314 g/mol. The average Bonchev–Trinajstić information content (AvgIpc) is 2.55. The van der Waals surface area contributed by atoms with E-state index in [0.717, 1.165) is 36.5 Å². The number of likely N-dealkylation sites (tertiary alicyclic amines) is 1. The van der Waals surface area contributed by atoms with Gasteiger partial charge in [-0.05, 0) is 50.8 Å². The monoisotopic (exact) mass is 314 g/mol. The number of benzene rings is 1. The molecule has 1 aromatic carbocycles. The van der Waals surface area contributed by atoms with Crippen molar-refractivity contribution in [3.63, 3.8) is 0 Å². The normalized spacial score (nSPS) is 16.7. The van der Waals surface area contributed by atoms with Crippen LogP contribution in [0.3, 0.4) is 0 Å². The number of fused-ring (bicyclic) bond motifs is 1. The van der Waals surface area contributed by atoms with E-state index in [1.807, 2.05) is 30.0 Å². The Kier molecular flexibility index (Phi) is 4.67. The van der Waals surface area contributed by atoms with Crippen LogP contribution in [0.4, 0.5) is 0 Å². The second-order valence-electron chi connectivity index (χ2n) is 5.94. The maximum Gasteiger partial charge on any atom is 0.235 e. The third-order valence-electron chi connectivity index (χ3n) is 4.21. The van der Waals surface area contributed by atoms with E-state index in [1.165, 1.54) is 17.4 Å². The van der Waals surface area contributed by atoms with E-state index >= 15 is 0 Å². The first kappa shape index (κ1) is 15.3. The van der Waals surface area contributed by atoms with Gasteiger partial charge in [-0.2, -0.15) is 0 Å². The molecule has 1 amide bonds. The van der Waals surface area contributed by atoms with Gasteiger partial charge in [-0.3, -0.25) is 4.79 Å². The summed E-state index contributed by atoms with van der Waals surface area (Å²) in [5, 5.41) is 2.04. The van der Waals surface area contributed by atoms with E-state index in [9.17, 15) is 4.79 Å². The fraction of sp³-hybridized carbons (Fsp3) is 0.444. The molecule has 0 N–H and O–H groups in total. The highest BCUT2D eigenvalue weighted by atomic mass is 32.2. The molecule has 22 heavy (non-hydrogen) atoms. The molecule has 0 radical (unpaired) electrons. The fourth-order valence-electron chi connectivity index (χ4n) is 2.98.